The minimum absolute atomic E-state index is 0.244. The Hall–Kier alpha value is -1.75. The van der Waals surface area contributed by atoms with Crippen LogP contribution in [0.3, 0.4) is 0 Å². The van der Waals surface area contributed by atoms with Crippen molar-refractivity contribution in [2.24, 2.45) is 5.10 Å². The molecule has 4 nitrogen and oxygen atoms in total. The molecule has 0 atom stereocenters. The van der Waals surface area contributed by atoms with Gasteiger partial charge in [-0.25, -0.2) is 5.43 Å². The summed E-state index contributed by atoms with van der Waals surface area (Å²) < 4.78 is 5.37. The Morgan fingerprint density at radius 1 is 1.08 bits per heavy atom. The number of hydrogen-bond donors (Lipinski definition) is 1. The molecule has 132 valence electrons. The number of amides is 1. The molecular weight excluding hydrogens is 383 g/mol. The standard InChI is InChI=1S/C18H17Cl3N2O2/c1-3-16(12-6-4-11(2)5-7-12)22-23-18(24)10-25-17-9-14(20)13(19)8-15(17)21/h4-9H,3,10H2,1-2H3,(H,23,24)/b22-16-. The Morgan fingerprint density at radius 3 is 2.36 bits per heavy atom. The van der Waals surface area contributed by atoms with Crippen molar-refractivity contribution in [2.75, 3.05) is 6.61 Å². The first-order chi connectivity index (χ1) is 11.9. The van der Waals surface area contributed by atoms with Gasteiger partial charge in [-0.05, 0) is 25.0 Å². The van der Waals surface area contributed by atoms with Gasteiger partial charge >= 0.3 is 0 Å². The normalized spacial score (nSPS) is 11.3. The number of nitrogens with zero attached hydrogens (tertiary/aromatic N) is 1. The SMILES string of the molecule is CC/C(=N/NC(=O)COc1cc(Cl)c(Cl)cc1Cl)c1ccc(C)cc1. The van der Waals surface area contributed by atoms with Gasteiger partial charge in [-0.3, -0.25) is 4.79 Å². The van der Waals surface area contributed by atoms with Gasteiger partial charge in [0.25, 0.3) is 5.91 Å². The summed E-state index contributed by atoms with van der Waals surface area (Å²) in [6, 6.07) is 10.9. The molecule has 0 saturated heterocycles. The van der Waals surface area contributed by atoms with E-state index in [0.29, 0.717) is 16.5 Å². The van der Waals surface area contributed by atoms with Crippen molar-refractivity contribution in [3.8, 4) is 5.75 Å². The van der Waals surface area contributed by atoms with E-state index in [1.54, 1.807) is 0 Å². The first-order valence-electron chi connectivity index (χ1n) is 7.60. The Balaban J connectivity index is 1.97. The number of hydrazone groups is 1. The van der Waals surface area contributed by atoms with Crippen LogP contribution < -0.4 is 10.2 Å². The van der Waals surface area contributed by atoms with E-state index in [2.05, 4.69) is 10.5 Å². The molecule has 0 heterocycles. The van der Waals surface area contributed by atoms with Crippen LogP contribution in [0.1, 0.15) is 24.5 Å². The lowest BCUT2D eigenvalue weighted by Crippen LogP contribution is -2.26. The van der Waals surface area contributed by atoms with Crippen LogP contribution >= 0.6 is 34.8 Å². The highest BCUT2D eigenvalue weighted by molar-refractivity contribution is 6.43. The molecule has 7 heteroatoms. The van der Waals surface area contributed by atoms with Gasteiger partial charge in [-0.2, -0.15) is 5.10 Å². The fraction of sp³-hybridized carbons (Fsp3) is 0.222. The molecule has 0 aliphatic rings. The maximum Gasteiger partial charge on any atom is 0.277 e. The predicted molar refractivity (Wildman–Crippen MR) is 103 cm³/mol. The van der Waals surface area contributed by atoms with E-state index in [9.17, 15) is 4.79 Å². The summed E-state index contributed by atoms with van der Waals surface area (Å²) in [4.78, 5) is 11.9. The van der Waals surface area contributed by atoms with Gasteiger partial charge in [-0.15, -0.1) is 0 Å². The first-order valence-corrected chi connectivity index (χ1v) is 8.74. The van der Waals surface area contributed by atoms with E-state index in [4.69, 9.17) is 39.5 Å². The Morgan fingerprint density at radius 2 is 1.72 bits per heavy atom. The van der Waals surface area contributed by atoms with Gasteiger partial charge in [0, 0.05) is 6.07 Å². The molecule has 0 unspecified atom stereocenters. The van der Waals surface area contributed by atoms with E-state index >= 15 is 0 Å². The van der Waals surface area contributed by atoms with Crippen LogP contribution in [-0.2, 0) is 4.79 Å². The zero-order valence-electron chi connectivity index (χ0n) is 13.8. The number of hydrogen-bond acceptors (Lipinski definition) is 3. The Kier molecular flexibility index (Phi) is 7.12. The molecule has 0 fully saturated rings. The summed E-state index contributed by atoms with van der Waals surface area (Å²) in [6.07, 6.45) is 0.683. The van der Waals surface area contributed by atoms with E-state index in [1.165, 1.54) is 12.1 Å². The highest BCUT2D eigenvalue weighted by Crippen LogP contribution is 2.33. The highest BCUT2D eigenvalue weighted by Gasteiger charge is 2.10. The zero-order valence-corrected chi connectivity index (χ0v) is 16.0. The number of nitrogens with one attached hydrogen (secondary N) is 1. The van der Waals surface area contributed by atoms with Crippen LogP contribution in [0.4, 0.5) is 0 Å². The van der Waals surface area contributed by atoms with Crippen LogP contribution in [-0.4, -0.2) is 18.2 Å². The minimum Gasteiger partial charge on any atom is -0.482 e. The van der Waals surface area contributed by atoms with E-state index in [0.717, 1.165) is 16.8 Å². The van der Waals surface area contributed by atoms with Crippen molar-refractivity contribution in [2.45, 2.75) is 20.3 Å². The van der Waals surface area contributed by atoms with Crippen LogP contribution in [0.2, 0.25) is 15.1 Å². The summed E-state index contributed by atoms with van der Waals surface area (Å²) in [5.74, 6) is -0.121. The van der Waals surface area contributed by atoms with Crippen molar-refractivity contribution in [3.05, 3.63) is 62.6 Å². The highest BCUT2D eigenvalue weighted by atomic mass is 35.5. The smallest absolute Gasteiger partial charge is 0.277 e. The van der Waals surface area contributed by atoms with Gasteiger partial charge < -0.3 is 4.74 Å². The van der Waals surface area contributed by atoms with Gasteiger partial charge in [-0.1, -0.05) is 71.6 Å². The maximum absolute atomic E-state index is 11.9. The lowest BCUT2D eigenvalue weighted by molar-refractivity contribution is -0.123. The van der Waals surface area contributed by atoms with E-state index in [1.807, 2.05) is 38.1 Å². The average Bonchev–Trinajstić information content (AvgIpc) is 2.59. The van der Waals surface area contributed by atoms with Crippen molar-refractivity contribution in [1.29, 1.82) is 0 Å². The number of rotatable bonds is 6. The van der Waals surface area contributed by atoms with Crippen molar-refractivity contribution in [1.82, 2.24) is 5.43 Å². The molecule has 0 aliphatic carbocycles. The van der Waals surface area contributed by atoms with Crippen LogP contribution in [0.15, 0.2) is 41.5 Å². The molecule has 2 aromatic rings. The zero-order chi connectivity index (χ0) is 18.4. The lowest BCUT2D eigenvalue weighted by atomic mass is 10.1. The quantitative estimate of drug-likeness (QED) is 0.409. The van der Waals surface area contributed by atoms with Gasteiger partial charge in [0.15, 0.2) is 6.61 Å². The molecule has 0 saturated carbocycles. The molecule has 2 rings (SSSR count). The molecule has 1 amide bonds. The van der Waals surface area contributed by atoms with E-state index < -0.39 is 5.91 Å². The molecule has 0 bridgehead atoms. The van der Waals surface area contributed by atoms with Gasteiger partial charge in [0.1, 0.15) is 5.75 Å². The summed E-state index contributed by atoms with van der Waals surface area (Å²) in [5.41, 5.74) is 5.39. The molecule has 0 radical (unpaired) electrons. The molecular formula is C18H17Cl3N2O2. The van der Waals surface area contributed by atoms with Crippen molar-refractivity contribution < 1.29 is 9.53 Å². The van der Waals surface area contributed by atoms with Gasteiger partial charge in [0.05, 0.1) is 20.8 Å². The molecule has 2 aromatic carbocycles. The fourth-order valence-corrected chi connectivity index (χ4v) is 2.61. The first kappa shape index (κ1) is 19.6. The second-order valence-corrected chi connectivity index (χ2v) is 6.52. The molecule has 25 heavy (non-hydrogen) atoms. The fourth-order valence-electron chi connectivity index (χ4n) is 2.01. The second kappa shape index (κ2) is 9.09. The number of benzene rings is 2. The van der Waals surface area contributed by atoms with Crippen molar-refractivity contribution >= 4 is 46.4 Å². The molecule has 0 aliphatic heterocycles. The van der Waals surface area contributed by atoms with Gasteiger partial charge in [0.2, 0.25) is 0 Å². The summed E-state index contributed by atoms with van der Waals surface area (Å²) in [7, 11) is 0. The number of carbonyl (C=O) groups is 1. The summed E-state index contributed by atoms with van der Waals surface area (Å²) in [6.45, 7) is 3.74. The van der Waals surface area contributed by atoms with Crippen LogP contribution in [0.25, 0.3) is 0 Å². The second-order valence-electron chi connectivity index (χ2n) is 5.30. The van der Waals surface area contributed by atoms with E-state index in [-0.39, 0.29) is 17.4 Å². The largest absolute Gasteiger partial charge is 0.482 e. The van der Waals surface area contributed by atoms with Crippen LogP contribution in [0, 0.1) is 6.92 Å². The Labute approximate surface area is 161 Å². The average molecular weight is 400 g/mol. The number of carbonyl (C=O) groups excluding carboxylic acids is 1. The third kappa shape index (κ3) is 5.63. The monoisotopic (exact) mass is 398 g/mol. The molecule has 0 spiro atoms. The number of aryl methyl sites for hydroxylation is 1. The third-order valence-corrected chi connectivity index (χ3v) is 4.39. The predicted octanol–water partition coefficient (Wildman–Crippen LogP) is 5.26. The van der Waals surface area contributed by atoms with Crippen molar-refractivity contribution in [3.63, 3.8) is 0 Å². The number of ether oxygens (including phenoxy) is 1. The summed E-state index contributed by atoms with van der Waals surface area (Å²) in [5, 5.41) is 5.06. The topological polar surface area (TPSA) is 50.7 Å². The van der Waals surface area contributed by atoms with Crippen LogP contribution in [0.5, 0.6) is 5.75 Å². The lowest BCUT2D eigenvalue weighted by Gasteiger charge is -2.09. The maximum atomic E-state index is 11.9. The minimum atomic E-state index is -0.403. The summed E-state index contributed by atoms with van der Waals surface area (Å²) >= 11 is 17.8. The molecule has 1 N–H and O–H groups in total. The number of halogens is 3. The third-order valence-electron chi connectivity index (χ3n) is 3.37. The Bertz CT molecular complexity index is 790. The molecule has 0 aromatic heterocycles.